The molecule has 0 radical (unpaired) electrons. The van der Waals surface area contributed by atoms with Crippen molar-refractivity contribution >= 4 is 24.4 Å². The van der Waals surface area contributed by atoms with E-state index in [0.29, 0.717) is 0 Å². The van der Waals surface area contributed by atoms with E-state index in [1.54, 1.807) is 0 Å². The molecular formula is C8H18S2. The van der Waals surface area contributed by atoms with Crippen molar-refractivity contribution in [3.63, 3.8) is 0 Å². The Hall–Kier alpha value is 0.700. The Morgan fingerprint density at radius 1 is 1.10 bits per heavy atom. The molecule has 0 unspecified atom stereocenters. The van der Waals surface area contributed by atoms with Crippen molar-refractivity contribution in [2.24, 2.45) is 0 Å². The van der Waals surface area contributed by atoms with Crippen LogP contribution in [-0.2, 0) is 0 Å². The highest BCUT2D eigenvalue weighted by Gasteiger charge is 1.87. The van der Waals surface area contributed by atoms with E-state index in [1.807, 2.05) is 0 Å². The molecule has 0 rings (SSSR count). The van der Waals surface area contributed by atoms with Gasteiger partial charge in [0.25, 0.3) is 0 Å². The molecule has 0 atom stereocenters. The minimum Gasteiger partial charge on any atom is -0.179 e. The third kappa shape index (κ3) is 8.70. The summed E-state index contributed by atoms with van der Waals surface area (Å²) < 4.78 is 0. The van der Waals surface area contributed by atoms with Crippen LogP contribution in [0.4, 0.5) is 0 Å². The van der Waals surface area contributed by atoms with Crippen molar-refractivity contribution in [2.75, 3.05) is 17.3 Å². The lowest BCUT2D eigenvalue weighted by Crippen LogP contribution is -1.84. The van der Waals surface area contributed by atoms with Crippen molar-refractivity contribution in [3.8, 4) is 0 Å². The summed E-state index contributed by atoms with van der Waals surface area (Å²) in [4.78, 5) is 0. The quantitative estimate of drug-likeness (QED) is 0.461. The van der Waals surface area contributed by atoms with E-state index in [9.17, 15) is 0 Å². The van der Waals surface area contributed by atoms with Crippen molar-refractivity contribution in [3.05, 3.63) is 0 Å². The van der Waals surface area contributed by atoms with Gasteiger partial charge in [-0.1, -0.05) is 19.8 Å². The molecule has 62 valence electrons. The van der Waals surface area contributed by atoms with Gasteiger partial charge in [0.15, 0.2) is 0 Å². The third-order valence-electron chi connectivity index (χ3n) is 1.34. The van der Waals surface area contributed by atoms with Crippen LogP contribution in [0.25, 0.3) is 0 Å². The molecule has 0 saturated heterocycles. The van der Waals surface area contributed by atoms with Crippen LogP contribution in [0.1, 0.15) is 32.6 Å². The van der Waals surface area contributed by atoms with E-state index >= 15 is 0 Å². The molecule has 10 heavy (non-hydrogen) atoms. The normalized spacial score (nSPS) is 10.2. The predicted molar refractivity (Wildman–Crippen MR) is 55.3 cm³/mol. The maximum absolute atomic E-state index is 4.15. The monoisotopic (exact) mass is 178 g/mol. The molecule has 0 amide bonds. The molecule has 0 aromatic carbocycles. The molecule has 0 N–H and O–H groups in total. The lowest BCUT2D eigenvalue weighted by Gasteiger charge is -1.97. The zero-order valence-corrected chi connectivity index (χ0v) is 8.52. The summed E-state index contributed by atoms with van der Waals surface area (Å²) in [6.45, 7) is 2.25. The van der Waals surface area contributed by atoms with Gasteiger partial charge < -0.3 is 0 Å². The molecule has 0 spiro atoms. The van der Waals surface area contributed by atoms with Crippen LogP contribution in [-0.4, -0.2) is 17.3 Å². The summed E-state index contributed by atoms with van der Waals surface area (Å²) in [5.41, 5.74) is 0. The molecule has 0 fully saturated rings. The first kappa shape index (κ1) is 10.7. The van der Waals surface area contributed by atoms with E-state index in [1.165, 1.54) is 37.2 Å². The summed E-state index contributed by atoms with van der Waals surface area (Å²) in [5, 5.41) is 0. The molecule has 0 bridgehead atoms. The fourth-order valence-corrected chi connectivity index (χ4v) is 2.06. The lowest BCUT2D eigenvalue weighted by atomic mass is 10.3. The minimum atomic E-state index is 1.04. The predicted octanol–water partition coefficient (Wildman–Crippen LogP) is 3.23. The highest BCUT2D eigenvalue weighted by molar-refractivity contribution is 7.99. The Morgan fingerprint density at radius 3 is 2.40 bits per heavy atom. The Balaban J connectivity index is 2.65. The third-order valence-corrected chi connectivity index (χ3v) is 2.81. The molecule has 2 heteroatoms. The highest BCUT2D eigenvalue weighted by atomic mass is 32.2. The van der Waals surface area contributed by atoms with Gasteiger partial charge in [0.05, 0.1) is 0 Å². The van der Waals surface area contributed by atoms with Crippen molar-refractivity contribution in [2.45, 2.75) is 32.6 Å². The molecule has 0 aliphatic rings. The van der Waals surface area contributed by atoms with Gasteiger partial charge in [-0.25, -0.2) is 0 Å². The maximum atomic E-state index is 4.15. The Morgan fingerprint density at radius 2 is 1.80 bits per heavy atom. The van der Waals surface area contributed by atoms with Crippen LogP contribution in [0.2, 0.25) is 0 Å². The van der Waals surface area contributed by atoms with Gasteiger partial charge in [-0.15, -0.1) is 0 Å². The maximum Gasteiger partial charge on any atom is -0.00598 e. The first-order chi connectivity index (χ1) is 4.91. The zero-order valence-electron chi connectivity index (χ0n) is 6.81. The number of thioether (sulfide) groups is 1. The Bertz CT molecular complexity index is 47.2. The van der Waals surface area contributed by atoms with Gasteiger partial charge in [-0.2, -0.15) is 24.4 Å². The highest BCUT2D eigenvalue weighted by Crippen LogP contribution is 2.07. The fraction of sp³-hybridized carbons (Fsp3) is 1.00. The van der Waals surface area contributed by atoms with Crippen molar-refractivity contribution in [1.82, 2.24) is 0 Å². The van der Waals surface area contributed by atoms with Crippen molar-refractivity contribution in [1.29, 1.82) is 0 Å². The van der Waals surface area contributed by atoms with Gasteiger partial charge in [-0.05, 0) is 30.1 Å². The average molecular weight is 178 g/mol. The molecule has 0 aliphatic carbocycles. The number of rotatable bonds is 7. The molecule has 0 saturated carbocycles. The van der Waals surface area contributed by atoms with Gasteiger partial charge in [0, 0.05) is 0 Å². The summed E-state index contributed by atoms with van der Waals surface area (Å²) in [6.07, 6.45) is 5.40. The van der Waals surface area contributed by atoms with Crippen LogP contribution >= 0.6 is 24.4 Å². The van der Waals surface area contributed by atoms with Gasteiger partial charge in [0.2, 0.25) is 0 Å². The lowest BCUT2D eigenvalue weighted by molar-refractivity contribution is 0.778. The SMILES string of the molecule is CCCCCSCCCS. The Labute approximate surface area is 74.6 Å². The van der Waals surface area contributed by atoms with Crippen molar-refractivity contribution < 1.29 is 0 Å². The number of hydrogen-bond donors (Lipinski definition) is 1. The van der Waals surface area contributed by atoms with Crippen LogP contribution in [0.15, 0.2) is 0 Å². The molecule has 0 aromatic heterocycles. The second kappa shape index (κ2) is 9.70. The van der Waals surface area contributed by atoms with Crippen LogP contribution in [0.3, 0.4) is 0 Å². The molecular weight excluding hydrogens is 160 g/mol. The zero-order chi connectivity index (χ0) is 7.66. The summed E-state index contributed by atoms with van der Waals surface area (Å²) >= 11 is 6.22. The van der Waals surface area contributed by atoms with E-state index < -0.39 is 0 Å². The Kier molecular flexibility index (Phi) is 10.4. The number of hydrogen-bond acceptors (Lipinski definition) is 2. The second-order valence-electron chi connectivity index (χ2n) is 2.40. The van der Waals surface area contributed by atoms with E-state index in [2.05, 4.69) is 31.3 Å². The fourth-order valence-electron chi connectivity index (χ4n) is 0.723. The van der Waals surface area contributed by atoms with Crippen LogP contribution in [0.5, 0.6) is 0 Å². The van der Waals surface area contributed by atoms with E-state index in [4.69, 9.17) is 0 Å². The summed E-state index contributed by atoms with van der Waals surface area (Å²) in [5.74, 6) is 3.69. The number of thiol groups is 1. The van der Waals surface area contributed by atoms with Crippen LogP contribution < -0.4 is 0 Å². The largest absolute Gasteiger partial charge is 0.179 e. The van der Waals surface area contributed by atoms with Crippen LogP contribution in [0, 0.1) is 0 Å². The van der Waals surface area contributed by atoms with Gasteiger partial charge in [-0.3, -0.25) is 0 Å². The molecule has 0 aliphatic heterocycles. The average Bonchev–Trinajstić information content (AvgIpc) is 1.97. The first-order valence-corrected chi connectivity index (χ1v) is 5.89. The van der Waals surface area contributed by atoms with Gasteiger partial charge >= 0.3 is 0 Å². The summed E-state index contributed by atoms with van der Waals surface area (Å²) in [6, 6.07) is 0. The molecule has 0 nitrogen and oxygen atoms in total. The van der Waals surface area contributed by atoms with E-state index in [0.717, 1.165) is 5.75 Å². The minimum absolute atomic E-state index is 1.04. The molecule has 0 aromatic rings. The molecule has 0 heterocycles. The topological polar surface area (TPSA) is 0 Å². The van der Waals surface area contributed by atoms with E-state index in [-0.39, 0.29) is 0 Å². The second-order valence-corrected chi connectivity index (χ2v) is 4.07. The standard InChI is InChI=1S/C8H18S2/c1-2-3-4-7-10-8-5-6-9/h9H,2-8H2,1H3. The summed E-state index contributed by atoms with van der Waals surface area (Å²) in [7, 11) is 0. The first-order valence-electron chi connectivity index (χ1n) is 4.10. The smallest absolute Gasteiger partial charge is 0.00598 e. The number of unbranched alkanes of at least 4 members (excludes halogenated alkanes) is 2. The van der Waals surface area contributed by atoms with Gasteiger partial charge in [0.1, 0.15) is 0 Å².